The molecule has 1 aliphatic rings. The number of aliphatic imine (C=N–C) groups is 1. The van der Waals surface area contributed by atoms with Gasteiger partial charge in [0.25, 0.3) is 0 Å². The molecule has 0 spiro atoms. The van der Waals surface area contributed by atoms with Gasteiger partial charge in [-0.3, -0.25) is 4.79 Å². The highest BCUT2D eigenvalue weighted by molar-refractivity contribution is 5.83. The molecule has 0 aromatic rings. The number of nitrogens with one attached hydrogen (secondary N) is 1. The normalized spacial score (nSPS) is 16.9. The van der Waals surface area contributed by atoms with Crippen LogP contribution in [0.25, 0.3) is 0 Å². The average molecular weight is 280 g/mol. The van der Waals surface area contributed by atoms with Gasteiger partial charge in [0, 0.05) is 13.6 Å². The van der Waals surface area contributed by atoms with E-state index in [2.05, 4.69) is 10.3 Å². The van der Waals surface area contributed by atoms with E-state index in [1.807, 2.05) is 0 Å². The highest BCUT2D eigenvalue weighted by atomic mass is 19.4. The van der Waals surface area contributed by atoms with Crippen molar-refractivity contribution >= 4 is 11.9 Å². The summed E-state index contributed by atoms with van der Waals surface area (Å²) in [7, 11) is 1.09. The SMILES string of the molecule is CN(CC(F)(F)F)C(=O)CN=C(N)NCC1CCC1. The second-order valence-corrected chi connectivity index (χ2v) is 4.74. The van der Waals surface area contributed by atoms with Gasteiger partial charge in [-0.15, -0.1) is 0 Å². The van der Waals surface area contributed by atoms with Gasteiger partial charge >= 0.3 is 6.18 Å². The average Bonchev–Trinajstić information content (AvgIpc) is 2.21. The summed E-state index contributed by atoms with van der Waals surface area (Å²) in [6, 6.07) is 0. The lowest BCUT2D eigenvalue weighted by Gasteiger charge is -2.25. The zero-order valence-corrected chi connectivity index (χ0v) is 10.8. The molecule has 1 amide bonds. The second-order valence-electron chi connectivity index (χ2n) is 4.74. The van der Waals surface area contributed by atoms with Gasteiger partial charge in [-0.05, 0) is 18.8 Å². The van der Waals surface area contributed by atoms with Crippen molar-refractivity contribution in [2.24, 2.45) is 16.6 Å². The number of rotatable bonds is 5. The molecule has 5 nitrogen and oxygen atoms in total. The van der Waals surface area contributed by atoms with Crippen LogP contribution in [0.2, 0.25) is 0 Å². The third-order valence-corrected chi connectivity index (χ3v) is 3.02. The number of nitrogens with zero attached hydrogens (tertiary/aromatic N) is 2. The first kappa shape index (κ1) is 15.6. The minimum Gasteiger partial charge on any atom is -0.370 e. The Morgan fingerprint density at radius 1 is 1.47 bits per heavy atom. The molecule has 0 saturated heterocycles. The van der Waals surface area contributed by atoms with Crippen molar-refractivity contribution in [3.8, 4) is 0 Å². The highest BCUT2D eigenvalue weighted by Gasteiger charge is 2.30. The van der Waals surface area contributed by atoms with E-state index in [1.54, 1.807) is 0 Å². The molecule has 1 aliphatic carbocycles. The Balaban J connectivity index is 2.26. The number of carbonyl (C=O) groups excluding carboxylic acids is 1. The molecule has 0 aromatic carbocycles. The number of halogens is 3. The van der Waals surface area contributed by atoms with E-state index in [4.69, 9.17) is 5.73 Å². The Kier molecular flexibility index (Phi) is 5.44. The molecular formula is C11H19F3N4O. The van der Waals surface area contributed by atoms with Crippen molar-refractivity contribution in [1.29, 1.82) is 0 Å². The summed E-state index contributed by atoms with van der Waals surface area (Å²) < 4.78 is 36.2. The van der Waals surface area contributed by atoms with Crippen molar-refractivity contribution in [2.75, 3.05) is 26.7 Å². The molecule has 0 unspecified atom stereocenters. The molecule has 110 valence electrons. The molecule has 0 radical (unpaired) electrons. The molecule has 0 aromatic heterocycles. The lowest BCUT2D eigenvalue weighted by Crippen LogP contribution is -2.40. The topological polar surface area (TPSA) is 70.7 Å². The van der Waals surface area contributed by atoms with Crippen LogP contribution in [0.1, 0.15) is 19.3 Å². The quantitative estimate of drug-likeness (QED) is 0.575. The molecule has 1 saturated carbocycles. The minimum absolute atomic E-state index is 0.0978. The lowest BCUT2D eigenvalue weighted by molar-refractivity contribution is -0.157. The van der Waals surface area contributed by atoms with E-state index in [-0.39, 0.29) is 12.5 Å². The van der Waals surface area contributed by atoms with E-state index >= 15 is 0 Å². The lowest BCUT2D eigenvalue weighted by atomic mass is 9.85. The maximum absolute atomic E-state index is 12.1. The van der Waals surface area contributed by atoms with Crippen molar-refractivity contribution in [2.45, 2.75) is 25.4 Å². The van der Waals surface area contributed by atoms with E-state index in [1.165, 1.54) is 6.42 Å². The summed E-state index contributed by atoms with van der Waals surface area (Å²) in [5, 5.41) is 2.86. The molecule has 0 bridgehead atoms. The fraction of sp³-hybridized carbons (Fsp3) is 0.818. The van der Waals surface area contributed by atoms with Gasteiger partial charge in [0.15, 0.2) is 5.96 Å². The second kappa shape index (κ2) is 6.63. The maximum Gasteiger partial charge on any atom is 0.406 e. The molecular weight excluding hydrogens is 261 g/mol. The first-order chi connectivity index (χ1) is 8.78. The zero-order chi connectivity index (χ0) is 14.5. The molecule has 0 aliphatic heterocycles. The van der Waals surface area contributed by atoms with E-state index in [0.29, 0.717) is 17.4 Å². The Bertz CT molecular complexity index is 339. The molecule has 0 atom stereocenters. The largest absolute Gasteiger partial charge is 0.406 e. The summed E-state index contributed by atoms with van der Waals surface area (Å²) >= 11 is 0. The highest BCUT2D eigenvalue weighted by Crippen LogP contribution is 2.24. The molecule has 8 heteroatoms. The van der Waals surface area contributed by atoms with Crippen LogP contribution < -0.4 is 11.1 Å². The fourth-order valence-corrected chi connectivity index (χ4v) is 1.63. The molecule has 1 rings (SSSR count). The zero-order valence-electron chi connectivity index (χ0n) is 10.8. The summed E-state index contributed by atoms with van der Waals surface area (Å²) in [6.07, 6.45) is -0.896. The van der Waals surface area contributed by atoms with E-state index in [9.17, 15) is 18.0 Å². The van der Waals surface area contributed by atoms with Crippen LogP contribution in [0.15, 0.2) is 4.99 Å². The summed E-state index contributed by atoms with van der Waals surface area (Å²) in [5.41, 5.74) is 5.52. The monoisotopic (exact) mass is 280 g/mol. The standard InChI is InChI=1S/C11H19F3N4O/c1-18(7-11(12,13)14)9(19)6-17-10(15)16-5-8-3-2-4-8/h8H,2-7H2,1H3,(H3,15,16,17). The molecule has 19 heavy (non-hydrogen) atoms. The van der Waals surface area contributed by atoms with Gasteiger partial charge in [-0.1, -0.05) is 6.42 Å². The van der Waals surface area contributed by atoms with E-state index in [0.717, 1.165) is 19.9 Å². The molecule has 0 heterocycles. The Morgan fingerprint density at radius 2 is 2.11 bits per heavy atom. The number of alkyl halides is 3. The van der Waals surface area contributed by atoms with Crippen LogP contribution in [0.4, 0.5) is 13.2 Å². The summed E-state index contributed by atoms with van der Waals surface area (Å²) in [6.45, 7) is -0.964. The van der Waals surface area contributed by atoms with Crippen molar-refractivity contribution in [3.05, 3.63) is 0 Å². The number of amides is 1. The van der Waals surface area contributed by atoms with Crippen molar-refractivity contribution < 1.29 is 18.0 Å². The van der Waals surface area contributed by atoms with Crippen LogP contribution in [-0.4, -0.2) is 49.6 Å². The summed E-state index contributed by atoms with van der Waals surface area (Å²) in [5.74, 6) is -0.0382. The van der Waals surface area contributed by atoms with Crippen LogP contribution in [0.5, 0.6) is 0 Å². The Morgan fingerprint density at radius 3 is 2.58 bits per heavy atom. The number of carbonyl (C=O) groups is 1. The smallest absolute Gasteiger partial charge is 0.370 e. The third-order valence-electron chi connectivity index (χ3n) is 3.02. The van der Waals surface area contributed by atoms with Crippen molar-refractivity contribution in [3.63, 3.8) is 0 Å². The maximum atomic E-state index is 12.1. The van der Waals surface area contributed by atoms with Crippen LogP contribution in [-0.2, 0) is 4.79 Å². The van der Waals surface area contributed by atoms with Crippen LogP contribution in [0.3, 0.4) is 0 Å². The first-order valence-corrected chi connectivity index (χ1v) is 6.12. The van der Waals surface area contributed by atoms with Gasteiger partial charge < -0.3 is 16.0 Å². The van der Waals surface area contributed by atoms with Gasteiger partial charge in [0.2, 0.25) is 5.91 Å². The number of guanidine groups is 1. The predicted molar refractivity (Wildman–Crippen MR) is 65.5 cm³/mol. The minimum atomic E-state index is -4.40. The number of hydrogen-bond acceptors (Lipinski definition) is 2. The number of nitrogens with two attached hydrogens (primary N) is 1. The van der Waals surface area contributed by atoms with Crippen LogP contribution >= 0.6 is 0 Å². The number of hydrogen-bond donors (Lipinski definition) is 2. The molecule has 3 N–H and O–H groups in total. The van der Waals surface area contributed by atoms with Gasteiger partial charge in [-0.2, -0.15) is 13.2 Å². The van der Waals surface area contributed by atoms with Gasteiger partial charge in [0.1, 0.15) is 13.1 Å². The summed E-state index contributed by atoms with van der Waals surface area (Å²) in [4.78, 5) is 15.7. The number of likely N-dealkylation sites (N-methyl/N-ethyl adjacent to an activating group) is 1. The van der Waals surface area contributed by atoms with Crippen molar-refractivity contribution in [1.82, 2.24) is 10.2 Å². The Hall–Kier alpha value is -1.47. The van der Waals surface area contributed by atoms with Crippen LogP contribution in [0, 0.1) is 5.92 Å². The van der Waals surface area contributed by atoms with E-state index < -0.39 is 18.6 Å². The Labute approximate surface area is 110 Å². The van der Waals surface area contributed by atoms with Gasteiger partial charge in [0.05, 0.1) is 0 Å². The predicted octanol–water partition coefficient (Wildman–Crippen LogP) is 0.711. The third kappa shape index (κ3) is 6.30. The van der Waals surface area contributed by atoms with Gasteiger partial charge in [-0.25, -0.2) is 4.99 Å². The molecule has 1 fully saturated rings. The fourth-order valence-electron chi connectivity index (χ4n) is 1.63. The first-order valence-electron chi connectivity index (χ1n) is 6.12.